The summed E-state index contributed by atoms with van der Waals surface area (Å²) in [4.78, 5) is 6.63. The lowest BCUT2D eigenvalue weighted by Gasteiger charge is -2.33. The Labute approximate surface area is 124 Å². The first-order valence-corrected chi connectivity index (χ1v) is 8.85. The third kappa shape index (κ3) is 2.87. The van der Waals surface area contributed by atoms with E-state index < -0.39 is 9.84 Å². The molecule has 1 saturated heterocycles. The van der Waals surface area contributed by atoms with Crippen LogP contribution >= 0.6 is 0 Å². The molecule has 112 valence electrons. The van der Waals surface area contributed by atoms with Crippen LogP contribution < -0.4 is 5.73 Å². The minimum Gasteiger partial charge on any atom is -0.398 e. The van der Waals surface area contributed by atoms with E-state index >= 15 is 0 Å². The maximum Gasteiger partial charge on any atom is 0.153 e. The molecule has 0 bridgehead atoms. The van der Waals surface area contributed by atoms with Gasteiger partial charge in [-0.25, -0.2) is 8.42 Å². The molecule has 0 aliphatic carbocycles. The van der Waals surface area contributed by atoms with Gasteiger partial charge in [0.25, 0.3) is 0 Å². The predicted octanol–water partition coefficient (Wildman–Crippen LogP) is 1.44. The molecule has 3 rings (SSSR count). The van der Waals surface area contributed by atoms with E-state index in [1.165, 1.54) is 0 Å². The van der Waals surface area contributed by atoms with Gasteiger partial charge in [-0.3, -0.25) is 9.88 Å². The fourth-order valence-corrected chi connectivity index (χ4v) is 4.49. The summed E-state index contributed by atoms with van der Waals surface area (Å²) in [7, 11) is -2.88. The summed E-state index contributed by atoms with van der Waals surface area (Å²) in [6.07, 6.45) is 1.76. The van der Waals surface area contributed by atoms with Crippen molar-refractivity contribution in [1.29, 1.82) is 0 Å². The normalized spacial score (nSPS) is 22.4. The highest BCUT2D eigenvalue weighted by Gasteiger charge is 2.28. The van der Waals surface area contributed by atoms with E-state index in [4.69, 9.17) is 5.73 Å². The van der Waals surface area contributed by atoms with Crippen molar-refractivity contribution < 1.29 is 8.42 Å². The van der Waals surface area contributed by atoms with Crippen molar-refractivity contribution in [3.8, 4) is 0 Å². The highest BCUT2D eigenvalue weighted by atomic mass is 32.2. The lowest BCUT2D eigenvalue weighted by molar-refractivity contribution is 0.219. The number of nitrogens with two attached hydrogens (primary N) is 1. The number of nitrogens with zero attached hydrogens (tertiary/aromatic N) is 2. The van der Waals surface area contributed by atoms with Gasteiger partial charge in [-0.1, -0.05) is 6.07 Å². The summed E-state index contributed by atoms with van der Waals surface area (Å²) in [6, 6.07) is 7.75. The maximum atomic E-state index is 11.7. The van der Waals surface area contributed by atoms with Gasteiger partial charge in [-0.2, -0.15) is 0 Å². The Morgan fingerprint density at radius 1 is 1.38 bits per heavy atom. The SMILES string of the molecule is CC1CS(=O)(=O)CCN1Cc1ccc(N)c2cccnc12. The van der Waals surface area contributed by atoms with Crippen LogP contribution in [0.1, 0.15) is 12.5 Å². The van der Waals surface area contributed by atoms with Crippen LogP contribution in [0.3, 0.4) is 0 Å². The highest BCUT2D eigenvalue weighted by Crippen LogP contribution is 2.25. The fourth-order valence-electron chi connectivity index (χ4n) is 2.87. The third-order valence-electron chi connectivity index (χ3n) is 4.07. The molecule has 1 aromatic heterocycles. The van der Waals surface area contributed by atoms with Crippen molar-refractivity contribution >= 4 is 26.4 Å². The van der Waals surface area contributed by atoms with Crippen LogP contribution in [0.15, 0.2) is 30.5 Å². The molecule has 0 radical (unpaired) electrons. The molecule has 1 aromatic carbocycles. The second-order valence-corrected chi connectivity index (χ2v) is 7.88. The Bertz CT molecular complexity index is 774. The molecule has 0 spiro atoms. The summed E-state index contributed by atoms with van der Waals surface area (Å²) in [5.74, 6) is 0.463. The number of aromatic nitrogens is 1. The molecule has 6 heteroatoms. The topological polar surface area (TPSA) is 76.3 Å². The first-order valence-electron chi connectivity index (χ1n) is 7.03. The monoisotopic (exact) mass is 305 g/mol. The van der Waals surface area contributed by atoms with Crippen molar-refractivity contribution in [2.24, 2.45) is 0 Å². The van der Waals surface area contributed by atoms with E-state index in [0.717, 1.165) is 22.2 Å². The number of rotatable bonds is 2. The summed E-state index contributed by atoms with van der Waals surface area (Å²) >= 11 is 0. The number of hydrogen-bond donors (Lipinski definition) is 1. The molecule has 0 amide bonds. The van der Waals surface area contributed by atoms with Crippen LogP contribution in [0, 0.1) is 0 Å². The molecular formula is C15H19N3O2S. The zero-order chi connectivity index (χ0) is 15.0. The van der Waals surface area contributed by atoms with Gasteiger partial charge < -0.3 is 5.73 Å². The molecule has 2 N–H and O–H groups in total. The number of nitrogen functional groups attached to an aromatic ring is 1. The second-order valence-electron chi connectivity index (χ2n) is 5.65. The standard InChI is InChI=1S/C15H19N3O2S/c1-11-10-21(19,20)8-7-18(11)9-12-4-5-14(16)13-3-2-6-17-15(12)13/h2-6,11H,7-10,16H2,1H3. The lowest BCUT2D eigenvalue weighted by atomic mass is 10.1. The quantitative estimate of drug-likeness (QED) is 0.850. The number of sulfone groups is 1. The van der Waals surface area contributed by atoms with Crippen LogP contribution in [0.2, 0.25) is 0 Å². The zero-order valence-corrected chi connectivity index (χ0v) is 12.8. The van der Waals surface area contributed by atoms with E-state index in [1.807, 2.05) is 31.2 Å². The average Bonchev–Trinajstić information content (AvgIpc) is 2.44. The number of benzene rings is 1. The van der Waals surface area contributed by atoms with Gasteiger partial charge in [0.05, 0.1) is 17.0 Å². The largest absolute Gasteiger partial charge is 0.398 e. The smallest absolute Gasteiger partial charge is 0.153 e. The van der Waals surface area contributed by atoms with Crippen molar-refractivity contribution in [2.75, 3.05) is 23.8 Å². The number of hydrogen-bond acceptors (Lipinski definition) is 5. The van der Waals surface area contributed by atoms with Gasteiger partial charge >= 0.3 is 0 Å². The van der Waals surface area contributed by atoms with E-state index in [1.54, 1.807) is 6.20 Å². The summed E-state index contributed by atoms with van der Waals surface area (Å²) in [5, 5.41) is 0.951. The molecule has 1 unspecified atom stereocenters. The zero-order valence-electron chi connectivity index (χ0n) is 12.0. The third-order valence-corrected chi connectivity index (χ3v) is 5.86. The minimum absolute atomic E-state index is 0.0278. The van der Waals surface area contributed by atoms with Gasteiger partial charge in [0.2, 0.25) is 0 Å². The van der Waals surface area contributed by atoms with E-state index in [-0.39, 0.29) is 17.5 Å². The highest BCUT2D eigenvalue weighted by molar-refractivity contribution is 7.91. The van der Waals surface area contributed by atoms with E-state index in [0.29, 0.717) is 13.1 Å². The fraction of sp³-hybridized carbons (Fsp3) is 0.400. The molecule has 1 aliphatic heterocycles. The Hall–Kier alpha value is -1.66. The molecule has 1 atom stereocenters. The van der Waals surface area contributed by atoms with Crippen LogP contribution in [0.5, 0.6) is 0 Å². The average molecular weight is 305 g/mol. The summed E-state index contributed by atoms with van der Waals surface area (Å²) in [5.41, 5.74) is 8.70. The molecule has 21 heavy (non-hydrogen) atoms. The molecule has 0 saturated carbocycles. The summed E-state index contributed by atoms with van der Waals surface area (Å²) in [6.45, 7) is 3.23. The summed E-state index contributed by atoms with van der Waals surface area (Å²) < 4.78 is 23.3. The number of pyridine rings is 1. The second kappa shape index (κ2) is 5.27. The van der Waals surface area contributed by atoms with Crippen molar-refractivity contribution in [3.05, 3.63) is 36.0 Å². The predicted molar refractivity (Wildman–Crippen MR) is 84.7 cm³/mol. The molecule has 2 aromatic rings. The van der Waals surface area contributed by atoms with Gasteiger partial charge in [0, 0.05) is 36.4 Å². The molecular weight excluding hydrogens is 286 g/mol. The first-order chi connectivity index (χ1) is 9.96. The van der Waals surface area contributed by atoms with Crippen LogP contribution in [0.4, 0.5) is 5.69 Å². The van der Waals surface area contributed by atoms with Crippen LogP contribution in [0.25, 0.3) is 10.9 Å². The van der Waals surface area contributed by atoms with Crippen molar-refractivity contribution in [1.82, 2.24) is 9.88 Å². The number of fused-ring (bicyclic) bond motifs is 1. The van der Waals surface area contributed by atoms with Gasteiger partial charge in [0.1, 0.15) is 0 Å². The lowest BCUT2D eigenvalue weighted by Crippen LogP contribution is -2.46. The van der Waals surface area contributed by atoms with Crippen molar-refractivity contribution in [3.63, 3.8) is 0 Å². The van der Waals surface area contributed by atoms with E-state index in [9.17, 15) is 8.42 Å². The van der Waals surface area contributed by atoms with E-state index in [2.05, 4.69) is 9.88 Å². The Balaban J connectivity index is 1.91. The van der Waals surface area contributed by atoms with Gasteiger partial charge in [-0.15, -0.1) is 0 Å². The van der Waals surface area contributed by atoms with Gasteiger partial charge in [0.15, 0.2) is 9.84 Å². The Kier molecular flexibility index (Phi) is 3.59. The van der Waals surface area contributed by atoms with Crippen LogP contribution in [-0.2, 0) is 16.4 Å². The molecule has 1 fully saturated rings. The number of anilines is 1. The Morgan fingerprint density at radius 2 is 2.19 bits per heavy atom. The maximum absolute atomic E-state index is 11.7. The van der Waals surface area contributed by atoms with Gasteiger partial charge in [-0.05, 0) is 30.7 Å². The molecule has 5 nitrogen and oxygen atoms in total. The molecule has 1 aliphatic rings. The van der Waals surface area contributed by atoms with Crippen LogP contribution in [-0.4, -0.2) is 42.4 Å². The van der Waals surface area contributed by atoms with Crippen molar-refractivity contribution in [2.45, 2.75) is 19.5 Å². The molecule has 2 heterocycles. The minimum atomic E-state index is -2.88. The first kappa shape index (κ1) is 14.3. The Morgan fingerprint density at radius 3 is 2.95 bits per heavy atom.